The standard InChI is InChI=1S/C17H23NO4/c19-15(8-4-5-9-16(20)21)18-12-14-10-11-22-17(14)13-6-2-1-3-7-13/h1-3,6-7,14,17H,4-5,8-12H2,(H,18,19)(H,20,21)/t14-,17-/m0/s1. The van der Waals surface area contributed by atoms with Gasteiger partial charge in [0, 0.05) is 31.9 Å². The minimum atomic E-state index is -0.811. The minimum absolute atomic E-state index is 0.0101. The van der Waals surface area contributed by atoms with Gasteiger partial charge in [-0.1, -0.05) is 30.3 Å². The Morgan fingerprint density at radius 2 is 1.91 bits per heavy atom. The van der Waals surface area contributed by atoms with Crippen LogP contribution in [0.15, 0.2) is 30.3 Å². The van der Waals surface area contributed by atoms with Crippen LogP contribution in [0.2, 0.25) is 0 Å². The molecule has 0 spiro atoms. The second-order valence-electron chi connectivity index (χ2n) is 5.66. The van der Waals surface area contributed by atoms with E-state index in [0.717, 1.165) is 18.6 Å². The maximum atomic E-state index is 11.8. The Kier molecular flexibility index (Phi) is 6.40. The van der Waals surface area contributed by atoms with Crippen LogP contribution in [0.25, 0.3) is 0 Å². The second kappa shape index (κ2) is 8.54. The molecule has 2 N–H and O–H groups in total. The fourth-order valence-corrected chi connectivity index (χ4v) is 2.75. The highest BCUT2D eigenvalue weighted by Gasteiger charge is 2.29. The highest BCUT2D eigenvalue weighted by molar-refractivity contribution is 5.75. The molecule has 5 nitrogen and oxygen atoms in total. The van der Waals surface area contributed by atoms with E-state index in [0.29, 0.717) is 31.7 Å². The molecule has 5 heteroatoms. The van der Waals surface area contributed by atoms with Gasteiger partial charge >= 0.3 is 5.97 Å². The van der Waals surface area contributed by atoms with E-state index in [9.17, 15) is 9.59 Å². The number of benzene rings is 1. The smallest absolute Gasteiger partial charge is 0.303 e. The summed E-state index contributed by atoms with van der Waals surface area (Å²) in [7, 11) is 0. The summed E-state index contributed by atoms with van der Waals surface area (Å²) < 4.78 is 5.79. The Labute approximate surface area is 130 Å². The van der Waals surface area contributed by atoms with E-state index in [1.165, 1.54) is 0 Å². The maximum absolute atomic E-state index is 11.8. The van der Waals surface area contributed by atoms with Crippen LogP contribution in [0.3, 0.4) is 0 Å². The topological polar surface area (TPSA) is 75.6 Å². The van der Waals surface area contributed by atoms with Crippen LogP contribution in [0.4, 0.5) is 0 Å². The Bertz CT molecular complexity index is 489. The van der Waals surface area contributed by atoms with Crippen molar-refractivity contribution >= 4 is 11.9 Å². The molecule has 0 saturated carbocycles. The van der Waals surface area contributed by atoms with E-state index in [-0.39, 0.29) is 18.4 Å². The number of carbonyl (C=O) groups excluding carboxylic acids is 1. The molecule has 0 aliphatic carbocycles. The van der Waals surface area contributed by atoms with E-state index in [1.54, 1.807) is 0 Å². The van der Waals surface area contributed by atoms with Gasteiger partial charge in [0.25, 0.3) is 0 Å². The van der Waals surface area contributed by atoms with Crippen molar-refractivity contribution in [2.75, 3.05) is 13.2 Å². The van der Waals surface area contributed by atoms with Gasteiger partial charge in [0.05, 0.1) is 6.10 Å². The number of carbonyl (C=O) groups is 2. The zero-order chi connectivity index (χ0) is 15.8. The number of carboxylic acids is 1. The first-order valence-corrected chi connectivity index (χ1v) is 7.82. The van der Waals surface area contributed by atoms with Crippen LogP contribution in [-0.4, -0.2) is 30.1 Å². The molecule has 1 aromatic carbocycles. The lowest BCUT2D eigenvalue weighted by Crippen LogP contribution is -2.30. The molecule has 1 aliphatic rings. The van der Waals surface area contributed by atoms with Gasteiger partial charge in [0.2, 0.25) is 5.91 Å². The molecule has 1 saturated heterocycles. The SMILES string of the molecule is O=C(O)CCCCC(=O)NC[C@@H]1CCO[C@H]1c1ccccc1. The van der Waals surface area contributed by atoms with E-state index >= 15 is 0 Å². The normalized spacial score (nSPS) is 20.7. The van der Waals surface area contributed by atoms with Crippen molar-refractivity contribution in [2.45, 2.75) is 38.2 Å². The fraction of sp³-hybridized carbons (Fsp3) is 0.529. The molecule has 1 amide bonds. The lowest BCUT2D eigenvalue weighted by molar-refractivity contribution is -0.137. The molecule has 0 aromatic heterocycles. The molecule has 120 valence electrons. The van der Waals surface area contributed by atoms with Crippen LogP contribution in [0.1, 0.15) is 43.8 Å². The minimum Gasteiger partial charge on any atom is -0.481 e. The summed E-state index contributed by atoms with van der Waals surface area (Å²) in [6.45, 7) is 1.33. The monoisotopic (exact) mass is 305 g/mol. The highest BCUT2D eigenvalue weighted by atomic mass is 16.5. The molecule has 1 heterocycles. The third kappa shape index (κ3) is 5.15. The average Bonchev–Trinajstić information content (AvgIpc) is 2.99. The molecule has 2 atom stereocenters. The highest BCUT2D eigenvalue weighted by Crippen LogP contribution is 2.33. The van der Waals surface area contributed by atoms with Gasteiger partial charge in [0.1, 0.15) is 0 Å². The molecule has 2 rings (SSSR count). The molecule has 0 bridgehead atoms. The van der Waals surface area contributed by atoms with E-state index in [1.807, 2.05) is 18.2 Å². The Balaban J connectivity index is 1.71. The summed E-state index contributed by atoms with van der Waals surface area (Å²) in [5.41, 5.74) is 1.15. The predicted octanol–water partition coefficient (Wildman–Crippen LogP) is 2.53. The number of hydrogen-bond donors (Lipinski definition) is 2. The zero-order valence-corrected chi connectivity index (χ0v) is 12.7. The first-order valence-electron chi connectivity index (χ1n) is 7.82. The Morgan fingerprint density at radius 1 is 1.18 bits per heavy atom. The Morgan fingerprint density at radius 3 is 2.64 bits per heavy atom. The molecule has 1 fully saturated rings. The molecule has 0 radical (unpaired) electrons. The average molecular weight is 305 g/mol. The molecule has 1 aromatic rings. The van der Waals surface area contributed by atoms with Crippen LogP contribution in [-0.2, 0) is 14.3 Å². The predicted molar refractivity (Wildman–Crippen MR) is 82.4 cm³/mol. The van der Waals surface area contributed by atoms with Gasteiger partial charge in [-0.25, -0.2) is 0 Å². The molecular weight excluding hydrogens is 282 g/mol. The number of carboxylic acid groups (broad SMARTS) is 1. The Hall–Kier alpha value is -1.88. The van der Waals surface area contributed by atoms with Crippen LogP contribution < -0.4 is 5.32 Å². The molecule has 0 unspecified atom stereocenters. The summed E-state index contributed by atoms with van der Waals surface area (Å²) in [4.78, 5) is 22.2. The molecule has 22 heavy (non-hydrogen) atoms. The first kappa shape index (κ1) is 16.5. The summed E-state index contributed by atoms with van der Waals surface area (Å²) in [6, 6.07) is 10.1. The number of unbranched alkanes of at least 4 members (excludes halogenated alkanes) is 1. The lowest BCUT2D eigenvalue weighted by atomic mass is 9.95. The number of rotatable bonds is 8. The summed E-state index contributed by atoms with van der Waals surface area (Å²) >= 11 is 0. The molecular formula is C17H23NO4. The quantitative estimate of drug-likeness (QED) is 0.724. The number of ether oxygens (including phenoxy) is 1. The number of amides is 1. The van der Waals surface area contributed by atoms with Crippen LogP contribution in [0, 0.1) is 5.92 Å². The van der Waals surface area contributed by atoms with Crippen molar-refractivity contribution in [3.8, 4) is 0 Å². The van der Waals surface area contributed by atoms with Gasteiger partial charge < -0.3 is 15.2 Å². The van der Waals surface area contributed by atoms with Gasteiger partial charge in [-0.15, -0.1) is 0 Å². The van der Waals surface area contributed by atoms with Crippen LogP contribution in [0.5, 0.6) is 0 Å². The zero-order valence-electron chi connectivity index (χ0n) is 12.7. The van der Waals surface area contributed by atoms with Gasteiger partial charge in [-0.2, -0.15) is 0 Å². The first-order chi connectivity index (χ1) is 10.7. The lowest BCUT2D eigenvalue weighted by Gasteiger charge is -2.19. The van der Waals surface area contributed by atoms with Crippen LogP contribution >= 0.6 is 0 Å². The van der Waals surface area contributed by atoms with Crippen molar-refractivity contribution in [2.24, 2.45) is 5.92 Å². The van der Waals surface area contributed by atoms with Crippen molar-refractivity contribution in [3.63, 3.8) is 0 Å². The van der Waals surface area contributed by atoms with E-state index in [2.05, 4.69) is 17.4 Å². The third-order valence-electron chi connectivity index (χ3n) is 3.95. The van der Waals surface area contributed by atoms with Crippen molar-refractivity contribution < 1.29 is 19.4 Å². The maximum Gasteiger partial charge on any atom is 0.303 e. The molecule has 1 aliphatic heterocycles. The summed E-state index contributed by atoms with van der Waals surface area (Å²) in [6.07, 6.45) is 2.66. The fourth-order valence-electron chi connectivity index (χ4n) is 2.75. The second-order valence-corrected chi connectivity index (χ2v) is 5.66. The van der Waals surface area contributed by atoms with Gasteiger partial charge in [-0.3, -0.25) is 9.59 Å². The third-order valence-corrected chi connectivity index (χ3v) is 3.95. The number of hydrogen-bond acceptors (Lipinski definition) is 3. The summed E-state index contributed by atoms with van der Waals surface area (Å²) in [5, 5.41) is 11.5. The van der Waals surface area contributed by atoms with E-state index < -0.39 is 5.97 Å². The van der Waals surface area contributed by atoms with Crippen molar-refractivity contribution in [1.82, 2.24) is 5.32 Å². The van der Waals surface area contributed by atoms with E-state index in [4.69, 9.17) is 9.84 Å². The largest absolute Gasteiger partial charge is 0.481 e. The van der Waals surface area contributed by atoms with Gasteiger partial charge in [-0.05, 0) is 24.8 Å². The van der Waals surface area contributed by atoms with Crippen molar-refractivity contribution in [3.05, 3.63) is 35.9 Å². The summed E-state index contributed by atoms with van der Waals surface area (Å²) in [5.74, 6) is -0.524. The van der Waals surface area contributed by atoms with Crippen molar-refractivity contribution in [1.29, 1.82) is 0 Å². The number of nitrogens with one attached hydrogen (secondary N) is 1. The number of aliphatic carboxylic acids is 1. The van der Waals surface area contributed by atoms with Gasteiger partial charge in [0.15, 0.2) is 0 Å².